The summed E-state index contributed by atoms with van der Waals surface area (Å²) >= 11 is 6.11. The van der Waals surface area contributed by atoms with E-state index < -0.39 is 10.0 Å². The van der Waals surface area contributed by atoms with Crippen molar-refractivity contribution in [2.24, 2.45) is 0 Å². The standard InChI is InChI=1S/C18H24ClN5O2S/c1-4-20-17-12-18(22-14(3)21-17)23-7-9-24(10-8-23)27(25,26)15-6-5-13(2)16(19)11-15/h5-6,11-12H,4,7-10H2,1-3H3,(H,20,21,22). The Labute approximate surface area is 165 Å². The van der Waals surface area contributed by atoms with E-state index in [1.807, 2.05) is 26.8 Å². The molecule has 9 heteroatoms. The summed E-state index contributed by atoms with van der Waals surface area (Å²) in [6, 6.07) is 6.77. The normalized spacial score (nSPS) is 15.8. The minimum absolute atomic E-state index is 0.235. The molecular formula is C18H24ClN5O2S. The third kappa shape index (κ3) is 4.34. The fraction of sp³-hybridized carbons (Fsp3) is 0.444. The van der Waals surface area contributed by atoms with Crippen molar-refractivity contribution in [3.05, 3.63) is 40.7 Å². The van der Waals surface area contributed by atoms with E-state index >= 15 is 0 Å². The van der Waals surface area contributed by atoms with Gasteiger partial charge in [-0.3, -0.25) is 0 Å². The second kappa shape index (κ2) is 8.00. The average molecular weight is 410 g/mol. The number of nitrogens with one attached hydrogen (secondary N) is 1. The summed E-state index contributed by atoms with van der Waals surface area (Å²) in [5, 5.41) is 3.66. The maximum Gasteiger partial charge on any atom is 0.243 e. The maximum absolute atomic E-state index is 12.9. The molecule has 0 spiro atoms. The van der Waals surface area contributed by atoms with E-state index in [1.54, 1.807) is 12.1 Å². The van der Waals surface area contributed by atoms with Crippen LogP contribution in [0.4, 0.5) is 11.6 Å². The second-order valence-corrected chi connectivity index (χ2v) is 8.84. The lowest BCUT2D eigenvalue weighted by Gasteiger charge is -2.34. The molecular weight excluding hydrogens is 386 g/mol. The Morgan fingerprint density at radius 2 is 1.81 bits per heavy atom. The Morgan fingerprint density at radius 1 is 1.11 bits per heavy atom. The second-order valence-electron chi connectivity index (χ2n) is 6.49. The van der Waals surface area contributed by atoms with Gasteiger partial charge in [0.05, 0.1) is 4.90 Å². The summed E-state index contributed by atoms with van der Waals surface area (Å²) in [6.07, 6.45) is 0. The number of sulfonamides is 1. The SMILES string of the molecule is CCNc1cc(N2CCN(S(=O)(=O)c3ccc(C)c(Cl)c3)CC2)nc(C)n1. The molecule has 0 bridgehead atoms. The highest BCUT2D eigenvalue weighted by Gasteiger charge is 2.29. The number of hydrogen-bond donors (Lipinski definition) is 1. The molecule has 1 aromatic heterocycles. The summed E-state index contributed by atoms with van der Waals surface area (Å²) in [6.45, 7) is 8.43. The zero-order valence-corrected chi connectivity index (χ0v) is 17.3. The van der Waals surface area contributed by atoms with Crippen LogP contribution >= 0.6 is 11.6 Å². The smallest absolute Gasteiger partial charge is 0.243 e. The molecule has 0 unspecified atom stereocenters. The molecule has 2 heterocycles. The summed E-state index contributed by atoms with van der Waals surface area (Å²) < 4.78 is 27.3. The van der Waals surface area contributed by atoms with Gasteiger partial charge in [0.2, 0.25) is 10.0 Å². The minimum Gasteiger partial charge on any atom is -0.370 e. The molecule has 1 N–H and O–H groups in total. The molecule has 1 aliphatic heterocycles. The molecule has 0 saturated carbocycles. The fourth-order valence-corrected chi connectivity index (χ4v) is 4.72. The van der Waals surface area contributed by atoms with Crippen LogP contribution in [0, 0.1) is 13.8 Å². The predicted molar refractivity (Wildman–Crippen MR) is 108 cm³/mol. The summed E-state index contributed by atoms with van der Waals surface area (Å²) in [4.78, 5) is 11.2. The van der Waals surface area contributed by atoms with Crippen LogP contribution in [-0.4, -0.2) is 55.4 Å². The van der Waals surface area contributed by atoms with Gasteiger partial charge in [0.15, 0.2) is 0 Å². The monoisotopic (exact) mass is 409 g/mol. The molecule has 3 rings (SSSR count). The lowest BCUT2D eigenvalue weighted by molar-refractivity contribution is 0.383. The molecule has 0 amide bonds. The molecule has 146 valence electrons. The first-order chi connectivity index (χ1) is 12.8. The Kier molecular flexibility index (Phi) is 5.88. The van der Waals surface area contributed by atoms with Gasteiger partial charge in [-0.25, -0.2) is 18.4 Å². The van der Waals surface area contributed by atoms with Crippen LogP contribution in [0.1, 0.15) is 18.3 Å². The topological polar surface area (TPSA) is 78.4 Å². The lowest BCUT2D eigenvalue weighted by atomic mass is 10.2. The number of piperazine rings is 1. The highest BCUT2D eigenvalue weighted by Crippen LogP contribution is 2.25. The molecule has 2 aromatic rings. The van der Waals surface area contributed by atoms with Crippen molar-refractivity contribution in [1.29, 1.82) is 0 Å². The molecule has 1 saturated heterocycles. The lowest BCUT2D eigenvalue weighted by Crippen LogP contribution is -2.49. The largest absolute Gasteiger partial charge is 0.370 e. The molecule has 0 radical (unpaired) electrons. The van der Waals surface area contributed by atoms with Crippen molar-refractivity contribution in [3.8, 4) is 0 Å². The zero-order valence-electron chi connectivity index (χ0n) is 15.7. The fourth-order valence-electron chi connectivity index (χ4n) is 3.03. The Hall–Kier alpha value is -1.90. The molecule has 0 atom stereocenters. The van der Waals surface area contributed by atoms with E-state index in [0.717, 1.165) is 23.7 Å². The van der Waals surface area contributed by atoms with Gasteiger partial charge in [-0.1, -0.05) is 17.7 Å². The van der Waals surface area contributed by atoms with E-state index in [9.17, 15) is 8.42 Å². The van der Waals surface area contributed by atoms with E-state index in [1.165, 1.54) is 10.4 Å². The van der Waals surface area contributed by atoms with Gasteiger partial charge in [0.1, 0.15) is 17.5 Å². The van der Waals surface area contributed by atoms with Crippen molar-refractivity contribution < 1.29 is 8.42 Å². The van der Waals surface area contributed by atoms with Crippen LogP contribution in [0.3, 0.4) is 0 Å². The summed E-state index contributed by atoms with van der Waals surface area (Å²) in [5.74, 6) is 2.28. The predicted octanol–water partition coefficient (Wildman–Crippen LogP) is 2.69. The number of hydrogen-bond acceptors (Lipinski definition) is 6. The van der Waals surface area contributed by atoms with Crippen LogP contribution in [0.2, 0.25) is 5.02 Å². The highest BCUT2D eigenvalue weighted by atomic mass is 35.5. The Morgan fingerprint density at radius 3 is 2.44 bits per heavy atom. The van der Waals surface area contributed by atoms with Gasteiger partial charge in [-0.05, 0) is 38.5 Å². The van der Waals surface area contributed by atoms with Gasteiger partial charge in [-0.2, -0.15) is 4.31 Å². The van der Waals surface area contributed by atoms with Gasteiger partial charge < -0.3 is 10.2 Å². The maximum atomic E-state index is 12.9. The third-order valence-electron chi connectivity index (χ3n) is 4.53. The van der Waals surface area contributed by atoms with Crippen LogP contribution in [0.5, 0.6) is 0 Å². The average Bonchev–Trinajstić information content (AvgIpc) is 2.64. The summed E-state index contributed by atoms with van der Waals surface area (Å²) in [5.41, 5.74) is 0.857. The number of rotatable bonds is 5. The van der Waals surface area contributed by atoms with Crippen molar-refractivity contribution in [2.45, 2.75) is 25.7 Å². The zero-order chi connectivity index (χ0) is 19.6. The van der Waals surface area contributed by atoms with Crippen LogP contribution in [0.15, 0.2) is 29.2 Å². The number of aromatic nitrogens is 2. The first-order valence-electron chi connectivity index (χ1n) is 8.92. The Balaban J connectivity index is 1.74. The van der Waals surface area contributed by atoms with Gasteiger partial charge in [0, 0.05) is 43.8 Å². The number of aryl methyl sites for hydroxylation is 2. The van der Waals surface area contributed by atoms with Crippen LogP contribution in [0.25, 0.3) is 0 Å². The minimum atomic E-state index is -3.55. The molecule has 0 aliphatic carbocycles. The summed E-state index contributed by atoms with van der Waals surface area (Å²) in [7, 11) is -3.55. The van der Waals surface area contributed by atoms with Gasteiger partial charge >= 0.3 is 0 Å². The van der Waals surface area contributed by atoms with Gasteiger partial charge in [-0.15, -0.1) is 0 Å². The molecule has 1 fully saturated rings. The highest BCUT2D eigenvalue weighted by molar-refractivity contribution is 7.89. The van der Waals surface area contributed by atoms with E-state index in [4.69, 9.17) is 11.6 Å². The van der Waals surface area contributed by atoms with E-state index in [2.05, 4.69) is 20.2 Å². The third-order valence-corrected chi connectivity index (χ3v) is 6.83. The number of halogens is 1. The number of anilines is 2. The first kappa shape index (κ1) is 19.9. The first-order valence-corrected chi connectivity index (χ1v) is 10.7. The van der Waals surface area contributed by atoms with E-state index in [0.29, 0.717) is 37.0 Å². The molecule has 1 aliphatic rings. The van der Waals surface area contributed by atoms with Crippen molar-refractivity contribution in [1.82, 2.24) is 14.3 Å². The quantitative estimate of drug-likeness (QED) is 0.817. The van der Waals surface area contributed by atoms with E-state index in [-0.39, 0.29) is 4.90 Å². The number of nitrogens with zero attached hydrogens (tertiary/aromatic N) is 4. The van der Waals surface area contributed by atoms with Crippen molar-refractivity contribution in [2.75, 3.05) is 42.9 Å². The molecule has 7 nitrogen and oxygen atoms in total. The van der Waals surface area contributed by atoms with Gasteiger partial charge in [0.25, 0.3) is 0 Å². The van der Waals surface area contributed by atoms with Crippen LogP contribution < -0.4 is 10.2 Å². The molecule has 27 heavy (non-hydrogen) atoms. The van der Waals surface area contributed by atoms with Crippen molar-refractivity contribution in [3.63, 3.8) is 0 Å². The van der Waals surface area contributed by atoms with Crippen molar-refractivity contribution >= 4 is 33.3 Å². The molecule has 1 aromatic carbocycles. The van der Waals surface area contributed by atoms with Crippen LogP contribution in [-0.2, 0) is 10.0 Å². The number of benzene rings is 1. The Bertz CT molecular complexity index is 927.